The van der Waals surface area contributed by atoms with Gasteiger partial charge in [-0.15, -0.1) is 0 Å². The number of methoxy groups -OCH3 is 2. The monoisotopic (exact) mass is 338 g/mol. The van der Waals surface area contributed by atoms with Crippen LogP contribution in [-0.4, -0.2) is 25.3 Å². The van der Waals surface area contributed by atoms with E-state index in [1.165, 1.54) is 7.11 Å². The highest BCUT2D eigenvalue weighted by Gasteiger charge is 2.22. The number of ether oxygens (including phenoxy) is 2. The van der Waals surface area contributed by atoms with Gasteiger partial charge < -0.3 is 19.3 Å². The summed E-state index contributed by atoms with van der Waals surface area (Å²) < 4.78 is 15.9. The van der Waals surface area contributed by atoms with Gasteiger partial charge in [0.2, 0.25) is 0 Å². The fourth-order valence-corrected chi connectivity index (χ4v) is 2.51. The quantitative estimate of drug-likeness (QED) is 0.763. The molecule has 6 heteroatoms. The number of amides is 1. The van der Waals surface area contributed by atoms with Gasteiger partial charge in [0.25, 0.3) is 5.91 Å². The van der Waals surface area contributed by atoms with Gasteiger partial charge >= 0.3 is 0 Å². The van der Waals surface area contributed by atoms with Crippen molar-refractivity contribution < 1.29 is 18.8 Å². The molecule has 0 spiro atoms. The largest absolute Gasteiger partial charge is 0.497 e. The molecule has 0 aliphatic rings. The Bertz CT molecular complexity index is 888. The number of hydrogen-bond donors (Lipinski definition) is 1. The molecule has 1 N–H and O–H groups in total. The Kier molecular flexibility index (Phi) is 4.70. The van der Waals surface area contributed by atoms with E-state index in [-0.39, 0.29) is 5.91 Å². The third-order valence-corrected chi connectivity index (χ3v) is 3.78. The number of carbonyl (C=O) groups excluding carboxylic acids is 1. The van der Waals surface area contributed by atoms with Crippen LogP contribution < -0.4 is 14.8 Å². The van der Waals surface area contributed by atoms with Gasteiger partial charge in [-0.2, -0.15) is 0 Å². The molecule has 0 saturated heterocycles. The lowest BCUT2D eigenvalue weighted by molar-refractivity contribution is 0.102. The molecule has 3 rings (SSSR count). The minimum absolute atomic E-state index is 0.318. The van der Waals surface area contributed by atoms with E-state index in [1.54, 1.807) is 32.2 Å². The predicted molar refractivity (Wildman–Crippen MR) is 94.2 cm³/mol. The summed E-state index contributed by atoms with van der Waals surface area (Å²) >= 11 is 0. The zero-order valence-electron chi connectivity index (χ0n) is 14.2. The van der Waals surface area contributed by atoms with Crippen LogP contribution >= 0.6 is 0 Å². The number of aryl methyl sites for hydroxylation is 1. The van der Waals surface area contributed by atoms with Gasteiger partial charge in [0.05, 0.1) is 25.6 Å². The van der Waals surface area contributed by atoms with Crippen LogP contribution in [0.2, 0.25) is 0 Å². The molecule has 25 heavy (non-hydrogen) atoms. The summed E-state index contributed by atoms with van der Waals surface area (Å²) in [7, 11) is 3.10. The van der Waals surface area contributed by atoms with Crippen LogP contribution in [0, 0.1) is 6.92 Å². The van der Waals surface area contributed by atoms with Gasteiger partial charge in [-0.3, -0.25) is 4.79 Å². The lowest BCUT2D eigenvalue weighted by Crippen LogP contribution is -2.14. The molecule has 0 unspecified atom stereocenters. The number of nitrogens with zero attached hydrogens (tertiary/aromatic N) is 1. The lowest BCUT2D eigenvalue weighted by atomic mass is 10.1. The Morgan fingerprint density at radius 3 is 2.52 bits per heavy atom. The van der Waals surface area contributed by atoms with E-state index in [2.05, 4.69) is 10.5 Å². The minimum atomic E-state index is -0.318. The SMILES string of the molecule is COc1ccc(NC(=O)c2c(C)noc2-c2ccccc2)c(OC)c1. The van der Waals surface area contributed by atoms with E-state index in [9.17, 15) is 4.79 Å². The maximum Gasteiger partial charge on any atom is 0.261 e. The maximum absolute atomic E-state index is 12.8. The van der Waals surface area contributed by atoms with Crippen molar-refractivity contribution in [3.05, 3.63) is 59.8 Å². The highest BCUT2D eigenvalue weighted by molar-refractivity contribution is 6.09. The van der Waals surface area contributed by atoms with Crippen molar-refractivity contribution in [3.8, 4) is 22.8 Å². The molecule has 1 heterocycles. The van der Waals surface area contributed by atoms with Crippen molar-refractivity contribution in [3.63, 3.8) is 0 Å². The molecule has 1 amide bonds. The van der Waals surface area contributed by atoms with Crippen LogP contribution in [0.5, 0.6) is 11.5 Å². The summed E-state index contributed by atoms with van der Waals surface area (Å²) in [6.07, 6.45) is 0. The number of rotatable bonds is 5. The molecule has 2 aromatic carbocycles. The molecule has 0 fully saturated rings. The van der Waals surface area contributed by atoms with Crippen molar-refractivity contribution >= 4 is 11.6 Å². The zero-order chi connectivity index (χ0) is 17.8. The van der Waals surface area contributed by atoms with Gasteiger partial charge in [0, 0.05) is 11.6 Å². The van der Waals surface area contributed by atoms with Crippen molar-refractivity contribution in [2.75, 3.05) is 19.5 Å². The summed E-state index contributed by atoms with van der Waals surface area (Å²) in [5.74, 6) is 1.26. The number of anilines is 1. The molecule has 0 bridgehead atoms. The summed E-state index contributed by atoms with van der Waals surface area (Å²) in [4.78, 5) is 12.8. The van der Waals surface area contributed by atoms with Gasteiger partial charge in [-0.25, -0.2) is 0 Å². The summed E-state index contributed by atoms with van der Waals surface area (Å²) in [6.45, 7) is 1.73. The molecule has 3 aromatic rings. The van der Waals surface area contributed by atoms with Crippen molar-refractivity contribution in [1.29, 1.82) is 0 Å². The zero-order valence-corrected chi connectivity index (χ0v) is 14.2. The summed E-state index contributed by atoms with van der Waals surface area (Å²) in [5, 5.41) is 6.79. The number of hydrogen-bond acceptors (Lipinski definition) is 5. The molecule has 0 saturated carbocycles. The number of benzene rings is 2. The van der Waals surface area contributed by atoms with E-state index in [0.717, 1.165) is 5.56 Å². The Labute approximate surface area is 145 Å². The van der Waals surface area contributed by atoms with Crippen LogP contribution in [0.25, 0.3) is 11.3 Å². The Morgan fingerprint density at radius 1 is 1.08 bits per heavy atom. The predicted octanol–water partition coefficient (Wildman–Crippen LogP) is 3.92. The van der Waals surface area contributed by atoms with E-state index < -0.39 is 0 Å². The second kappa shape index (κ2) is 7.09. The molecule has 0 radical (unpaired) electrons. The molecule has 0 atom stereocenters. The molecule has 0 aliphatic heterocycles. The second-order valence-corrected chi connectivity index (χ2v) is 5.36. The Balaban J connectivity index is 1.94. The van der Waals surface area contributed by atoms with Crippen LogP contribution in [0.15, 0.2) is 53.1 Å². The normalized spacial score (nSPS) is 10.4. The fraction of sp³-hybridized carbons (Fsp3) is 0.158. The third-order valence-electron chi connectivity index (χ3n) is 3.78. The van der Waals surface area contributed by atoms with Gasteiger partial charge in [0.1, 0.15) is 17.1 Å². The minimum Gasteiger partial charge on any atom is -0.497 e. The van der Waals surface area contributed by atoms with Crippen LogP contribution in [0.1, 0.15) is 16.1 Å². The molecule has 1 aromatic heterocycles. The van der Waals surface area contributed by atoms with Crippen molar-refractivity contribution in [2.24, 2.45) is 0 Å². The second-order valence-electron chi connectivity index (χ2n) is 5.36. The first-order chi connectivity index (χ1) is 12.1. The maximum atomic E-state index is 12.8. The summed E-state index contributed by atoms with van der Waals surface area (Å²) in [5.41, 5.74) is 2.23. The van der Waals surface area contributed by atoms with E-state index in [4.69, 9.17) is 14.0 Å². The molecule has 0 aliphatic carbocycles. The van der Waals surface area contributed by atoms with Gasteiger partial charge in [0.15, 0.2) is 5.76 Å². The Morgan fingerprint density at radius 2 is 1.84 bits per heavy atom. The van der Waals surface area contributed by atoms with Crippen LogP contribution in [0.3, 0.4) is 0 Å². The first-order valence-electron chi connectivity index (χ1n) is 7.69. The third kappa shape index (κ3) is 3.33. The van der Waals surface area contributed by atoms with Crippen molar-refractivity contribution in [2.45, 2.75) is 6.92 Å². The van der Waals surface area contributed by atoms with Crippen molar-refractivity contribution in [1.82, 2.24) is 5.16 Å². The van der Waals surface area contributed by atoms with Gasteiger partial charge in [-0.1, -0.05) is 35.5 Å². The highest BCUT2D eigenvalue weighted by atomic mass is 16.5. The number of carbonyl (C=O) groups is 1. The Hall–Kier alpha value is -3.28. The van der Waals surface area contributed by atoms with E-state index in [1.807, 2.05) is 30.3 Å². The summed E-state index contributed by atoms with van der Waals surface area (Å²) in [6, 6.07) is 14.6. The lowest BCUT2D eigenvalue weighted by Gasteiger charge is -2.11. The fourth-order valence-electron chi connectivity index (χ4n) is 2.51. The average Bonchev–Trinajstić information content (AvgIpc) is 3.04. The molecule has 6 nitrogen and oxygen atoms in total. The van der Waals surface area contributed by atoms with E-state index >= 15 is 0 Å². The molecular weight excluding hydrogens is 320 g/mol. The first kappa shape index (κ1) is 16.6. The number of aromatic nitrogens is 1. The van der Waals surface area contributed by atoms with E-state index in [0.29, 0.717) is 34.2 Å². The smallest absolute Gasteiger partial charge is 0.261 e. The standard InChI is InChI=1S/C19H18N2O4/c1-12-17(18(25-21-12)13-7-5-4-6-8-13)19(22)20-15-10-9-14(23-2)11-16(15)24-3/h4-11H,1-3H3,(H,20,22). The highest BCUT2D eigenvalue weighted by Crippen LogP contribution is 2.31. The first-order valence-corrected chi connectivity index (χ1v) is 7.69. The molecular formula is C19H18N2O4. The molecule has 128 valence electrons. The van der Waals surface area contributed by atoms with Crippen LogP contribution in [-0.2, 0) is 0 Å². The number of nitrogens with one attached hydrogen (secondary N) is 1. The average molecular weight is 338 g/mol. The van der Waals surface area contributed by atoms with Gasteiger partial charge in [-0.05, 0) is 19.1 Å². The topological polar surface area (TPSA) is 73.6 Å². The van der Waals surface area contributed by atoms with Crippen LogP contribution in [0.4, 0.5) is 5.69 Å².